The van der Waals surface area contributed by atoms with Crippen LogP contribution in [-0.2, 0) is 10.0 Å². The maximum Gasteiger partial charge on any atom is 0.434 e. The minimum Gasteiger partial charge on any atom is -0.391 e. The highest BCUT2D eigenvalue weighted by Gasteiger charge is 2.34. The fraction of sp³-hybridized carbons (Fsp3) is 0.250. The molecule has 3 aromatic rings. The number of aromatic nitrogens is 2. The normalized spacial score (nSPS) is 13.7. The van der Waals surface area contributed by atoms with Crippen LogP contribution in [-0.4, -0.2) is 24.5 Å². The largest absolute Gasteiger partial charge is 0.434 e. The molecule has 0 unspecified atom stereocenters. The highest BCUT2D eigenvalue weighted by molar-refractivity contribution is 9.10. The standard InChI is InChI=1S/C20H20BrFN4O5S/c1-9-4-6-14(22)16(10(9)2)11(3)17(19-24-25-20(28)31-19)26-32(29,30)15-7-5-12(21)8-13(15)18(23)27/h4-8,11,17,26H,1-3H3,(H2,23,27)(H,25,28)/t11-,17+/m1/s1. The molecule has 0 saturated heterocycles. The monoisotopic (exact) mass is 526 g/mol. The van der Waals surface area contributed by atoms with E-state index < -0.39 is 39.5 Å². The average Bonchev–Trinajstić information content (AvgIpc) is 3.15. The van der Waals surface area contributed by atoms with Gasteiger partial charge in [-0.15, -0.1) is 5.10 Å². The number of halogens is 2. The Bertz CT molecular complexity index is 1350. The Hall–Kier alpha value is -2.83. The summed E-state index contributed by atoms with van der Waals surface area (Å²) in [4.78, 5) is 23.0. The Morgan fingerprint density at radius 3 is 2.56 bits per heavy atom. The van der Waals surface area contributed by atoms with Gasteiger partial charge in [0.1, 0.15) is 11.9 Å². The molecule has 3 rings (SSSR count). The van der Waals surface area contributed by atoms with Crippen LogP contribution >= 0.6 is 15.9 Å². The van der Waals surface area contributed by atoms with Gasteiger partial charge in [0, 0.05) is 10.4 Å². The molecule has 0 radical (unpaired) electrons. The lowest BCUT2D eigenvalue weighted by Crippen LogP contribution is -2.34. The van der Waals surface area contributed by atoms with Crippen LogP contribution in [0.1, 0.15) is 51.8 Å². The van der Waals surface area contributed by atoms with E-state index >= 15 is 0 Å². The first-order valence-corrected chi connectivity index (χ1v) is 11.6. The Balaban J connectivity index is 2.14. The van der Waals surface area contributed by atoms with Crippen LogP contribution < -0.4 is 16.2 Å². The Kier molecular flexibility index (Phi) is 6.67. The van der Waals surface area contributed by atoms with Gasteiger partial charge in [0.05, 0.1) is 10.5 Å². The van der Waals surface area contributed by atoms with E-state index in [0.717, 1.165) is 5.56 Å². The van der Waals surface area contributed by atoms with Gasteiger partial charge in [-0.2, -0.15) is 4.72 Å². The number of hydrogen-bond acceptors (Lipinski definition) is 6. The van der Waals surface area contributed by atoms with Crippen molar-refractivity contribution in [2.75, 3.05) is 0 Å². The molecule has 2 aromatic carbocycles. The van der Waals surface area contributed by atoms with Crippen LogP contribution in [0.4, 0.5) is 4.39 Å². The Morgan fingerprint density at radius 2 is 1.97 bits per heavy atom. The molecule has 170 valence electrons. The zero-order valence-electron chi connectivity index (χ0n) is 17.3. The van der Waals surface area contributed by atoms with Crippen molar-refractivity contribution in [3.05, 3.63) is 79.3 Å². The van der Waals surface area contributed by atoms with Gasteiger partial charge in [-0.05, 0) is 54.8 Å². The molecule has 2 atom stereocenters. The number of nitrogens with zero attached hydrogens (tertiary/aromatic N) is 1. The van der Waals surface area contributed by atoms with Crippen molar-refractivity contribution >= 4 is 31.9 Å². The van der Waals surface area contributed by atoms with E-state index in [0.29, 0.717) is 10.0 Å². The van der Waals surface area contributed by atoms with Crippen LogP contribution in [0.25, 0.3) is 0 Å². The van der Waals surface area contributed by atoms with E-state index in [4.69, 9.17) is 10.2 Å². The van der Waals surface area contributed by atoms with Crippen LogP contribution in [0.5, 0.6) is 0 Å². The van der Waals surface area contributed by atoms with E-state index in [1.807, 2.05) is 0 Å². The maximum absolute atomic E-state index is 14.8. The summed E-state index contributed by atoms with van der Waals surface area (Å²) in [7, 11) is -4.39. The molecule has 9 nitrogen and oxygen atoms in total. The molecule has 32 heavy (non-hydrogen) atoms. The van der Waals surface area contributed by atoms with Crippen LogP contribution in [0, 0.1) is 19.7 Å². The number of aryl methyl sites for hydroxylation is 1. The fourth-order valence-corrected chi connectivity index (χ4v) is 5.25. The molecule has 1 amide bonds. The maximum atomic E-state index is 14.8. The molecule has 12 heteroatoms. The van der Waals surface area contributed by atoms with Crippen molar-refractivity contribution in [1.29, 1.82) is 0 Å². The van der Waals surface area contributed by atoms with Crippen molar-refractivity contribution in [2.45, 2.75) is 37.6 Å². The van der Waals surface area contributed by atoms with E-state index in [1.54, 1.807) is 26.8 Å². The zero-order valence-corrected chi connectivity index (χ0v) is 19.7. The van der Waals surface area contributed by atoms with Crippen LogP contribution in [0.15, 0.2) is 48.9 Å². The minimum absolute atomic E-state index is 0.231. The number of H-pyrrole nitrogens is 1. The van der Waals surface area contributed by atoms with Crippen molar-refractivity contribution in [1.82, 2.24) is 14.9 Å². The summed E-state index contributed by atoms with van der Waals surface area (Å²) >= 11 is 3.17. The lowest BCUT2D eigenvalue weighted by atomic mass is 9.88. The summed E-state index contributed by atoms with van der Waals surface area (Å²) in [5, 5.41) is 5.82. The smallest absolute Gasteiger partial charge is 0.391 e. The lowest BCUT2D eigenvalue weighted by Gasteiger charge is -2.25. The first-order valence-electron chi connectivity index (χ1n) is 9.35. The predicted octanol–water partition coefficient (Wildman–Crippen LogP) is 2.80. The third kappa shape index (κ3) is 4.66. The summed E-state index contributed by atoms with van der Waals surface area (Å²) in [5.74, 6) is -3.54. The molecule has 1 heterocycles. The van der Waals surface area contributed by atoms with Crippen LogP contribution in [0.3, 0.4) is 0 Å². The second-order valence-corrected chi connectivity index (χ2v) is 9.84. The topological polar surface area (TPSA) is 148 Å². The van der Waals surface area contributed by atoms with E-state index in [-0.39, 0.29) is 21.9 Å². The SMILES string of the molecule is Cc1ccc(F)c([C@@H](C)[C@H](NS(=O)(=O)c2ccc(Br)cc2C(N)=O)c2n[nH]c(=O)o2)c1C. The molecular formula is C20H20BrFN4O5S. The number of sulfonamides is 1. The molecule has 0 aliphatic carbocycles. The number of amides is 1. The van der Waals surface area contributed by atoms with Gasteiger partial charge in [-0.1, -0.05) is 28.9 Å². The number of carbonyl (C=O) groups is 1. The number of nitrogens with one attached hydrogen (secondary N) is 2. The molecule has 0 fully saturated rings. The molecule has 0 spiro atoms. The highest BCUT2D eigenvalue weighted by atomic mass is 79.9. The summed E-state index contributed by atoms with van der Waals surface area (Å²) in [5.41, 5.74) is 6.74. The van der Waals surface area contributed by atoms with E-state index in [2.05, 4.69) is 30.8 Å². The Morgan fingerprint density at radius 1 is 1.28 bits per heavy atom. The average molecular weight is 527 g/mol. The molecular weight excluding hydrogens is 507 g/mol. The van der Waals surface area contributed by atoms with Crippen LogP contribution in [0.2, 0.25) is 0 Å². The van der Waals surface area contributed by atoms with E-state index in [1.165, 1.54) is 24.3 Å². The molecule has 0 aliphatic rings. The second kappa shape index (κ2) is 8.96. The summed E-state index contributed by atoms with van der Waals surface area (Å²) in [6, 6.07) is 5.51. The number of primary amides is 1. The van der Waals surface area contributed by atoms with Gasteiger partial charge in [0.15, 0.2) is 0 Å². The molecule has 4 N–H and O–H groups in total. The number of carbonyl (C=O) groups excluding carboxylic acids is 1. The van der Waals surface area contributed by atoms with Crippen molar-refractivity contribution < 1.29 is 22.0 Å². The van der Waals surface area contributed by atoms with Crippen molar-refractivity contribution in [3.63, 3.8) is 0 Å². The first kappa shape index (κ1) is 23.8. The summed E-state index contributed by atoms with van der Waals surface area (Å²) < 4.78 is 49.1. The number of hydrogen-bond donors (Lipinski definition) is 3. The number of aromatic amines is 1. The zero-order chi connectivity index (χ0) is 23.8. The molecule has 0 bridgehead atoms. The second-order valence-electron chi connectivity index (χ2n) is 7.25. The van der Waals surface area contributed by atoms with E-state index in [9.17, 15) is 22.4 Å². The number of rotatable bonds is 7. The van der Waals surface area contributed by atoms with Gasteiger partial charge in [0.2, 0.25) is 21.8 Å². The summed E-state index contributed by atoms with van der Waals surface area (Å²) in [6.07, 6.45) is 0. The van der Waals surface area contributed by atoms with Crippen molar-refractivity contribution in [3.8, 4) is 0 Å². The van der Waals surface area contributed by atoms with Gasteiger partial charge in [0.25, 0.3) is 0 Å². The molecule has 0 aliphatic heterocycles. The first-order chi connectivity index (χ1) is 14.9. The lowest BCUT2D eigenvalue weighted by molar-refractivity contribution is 0.0997. The molecule has 1 aromatic heterocycles. The Labute approximate surface area is 191 Å². The third-order valence-electron chi connectivity index (χ3n) is 5.19. The highest BCUT2D eigenvalue weighted by Crippen LogP contribution is 2.35. The minimum atomic E-state index is -4.39. The van der Waals surface area contributed by atoms with Gasteiger partial charge in [-0.25, -0.2) is 22.7 Å². The molecule has 0 saturated carbocycles. The number of benzene rings is 2. The number of nitrogens with two attached hydrogens (primary N) is 1. The van der Waals surface area contributed by atoms with Gasteiger partial charge >= 0.3 is 5.76 Å². The predicted molar refractivity (Wildman–Crippen MR) is 117 cm³/mol. The fourth-order valence-electron chi connectivity index (χ4n) is 3.43. The van der Waals surface area contributed by atoms with Gasteiger partial charge in [-0.3, -0.25) is 4.79 Å². The third-order valence-corrected chi connectivity index (χ3v) is 7.18. The van der Waals surface area contributed by atoms with Gasteiger partial charge < -0.3 is 10.2 Å². The quantitative estimate of drug-likeness (QED) is 0.431. The summed E-state index contributed by atoms with van der Waals surface area (Å²) in [6.45, 7) is 5.07. The van der Waals surface area contributed by atoms with Crippen molar-refractivity contribution in [2.24, 2.45) is 5.73 Å².